The molecule has 0 bridgehead atoms. The molecule has 0 aliphatic carbocycles. The first-order chi connectivity index (χ1) is 9.99. The number of nitrogens with two attached hydrogens (primary N) is 1. The van der Waals surface area contributed by atoms with Crippen molar-refractivity contribution in [3.63, 3.8) is 0 Å². The van der Waals surface area contributed by atoms with E-state index >= 15 is 0 Å². The summed E-state index contributed by atoms with van der Waals surface area (Å²) in [4.78, 5) is 24.2. The van der Waals surface area contributed by atoms with Gasteiger partial charge in [0.2, 0.25) is 0 Å². The van der Waals surface area contributed by atoms with Crippen molar-refractivity contribution >= 4 is 28.2 Å². The van der Waals surface area contributed by atoms with Crippen LogP contribution in [0.4, 0.5) is 5.00 Å². The molecule has 0 unspecified atom stereocenters. The third-order valence-corrected chi connectivity index (χ3v) is 4.08. The number of benzene rings is 1. The Morgan fingerprint density at radius 3 is 2.48 bits per heavy atom. The summed E-state index contributed by atoms with van der Waals surface area (Å²) < 4.78 is 0. The van der Waals surface area contributed by atoms with Crippen LogP contribution >= 0.6 is 11.3 Å². The van der Waals surface area contributed by atoms with Crippen LogP contribution in [0.5, 0.6) is 0 Å². The van der Waals surface area contributed by atoms with Gasteiger partial charge in [0, 0.05) is 16.4 Å². The minimum absolute atomic E-state index is 0.354. The van der Waals surface area contributed by atoms with Crippen LogP contribution in [-0.2, 0) is 4.79 Å². The molecule has 2 aromatic rings. The Balaban J connectivity index is 2.20. The van der Waals surface area contributed by atoms with E-state index in [1.807, 2.05) is 37.3 Å². The highest BCUT2D eigenvalue weighted by Crippen LogP contribution is 2.31. The van der Waals surface area contributed by atoms with Gasteiger partial charge in [0.25, 0.3) is 5.91 Å². The number of amides is 2. The van der Waals surface area contributed by atoms with E-state index in [4.69, 9.17) is 5.73 Å². The number of hydrogen-bond donors (Lipinski definition) is 2. The highest BCUT2D eigenvalue weighted by atomic mass is 32.1. The summed E-state index contributed by atoms with van der Waals surface area (Å²) in [6.45, 7) is 3.68. The Bertz CT molecular complexity index is 752. The maximum atomic E-state index is 11.9. The molecule has 0 fully saturated rings. The van der Waals surface area contributed by atoms with Crippen molar-refractivity contribution in [1.82, 2.24) is 0 Å². The van der Waals surface area contributed by atoms with Crippen molar-refractivity contribution in [3.8, 4) is 11.8 Å². The van der Waals surface area contributed by atoms with Crippen molar-refractivity contribution in [2.24, 2.45) is 5.73 Å². The fourth-order valence-electron chi connectivity index (χ4n) is 1.80. The van der Waals surface area contributed by atoms with Gasteiger partial charge in [0.1, 0.15) is 5.00 Å². The third kappa shape index (κ3) is 3.50. The standard InChI is InChI=1S/C16H14N2O2S/c1-10-11(2)21-16(14(10)15(17)20)18-13(19)9-8-12-6-4-3-5-7-12/h3-7H,1-2H3,(H2,17,20)(H,18,19). The predicted molar refractivity (Wildman–Crippen MR) is 84.3 cm³/mol. The quantitative estimate of drug-likeness (QED) is 0.836. The lowest BCUT2D eigenvalue weighted by Gasteiger charge is -2.00. The molecular formula is C16H14N2O2S. The maximum absolute atomic E-state index is 11.9. The van der Waals surface area contributed by atoms with Crippen LogP contribution in [-0.4, -0.2) is 11.8 Å². The SMILES string of the molecule is Cc1sc(NC(=O)C#Cc2ccccc2)c(C(N)=O)c1C. The van der Waals surface area contributed by atoms with E-state index < -0.39 is 11.8 Å². The number of nitrogens with one attached hydrogen (secondary N) is 1. The molecule has 0 radical (unpaired) electrons. The summed E-state index contributed by atoms with van der Waals surface area (Å²) in [6.07, 6.45) is 0. The van der Waals surface area contributed by atoms with E-state index in [-0.39, 0.29) is 0 Å². The molecule has 0 atom stereocenters. The monoisotopic (exact) mass is 298 g/mol. The molecule has 1 aromatic carbocycles. The highest BCUT2D eigenvalue weighted by Gasteiger charge is 2.18. The average Bonchev–Trinajstić information content (AvgIpc) is 2.72. The normalized spacial score (nSPS) is 9.62. The molecule has 0 saturated carbocycles. The van der Waals surface area contributed by atoms with Crippen LogP contribution in [0.3, 0.4) is 0 Å². The summed E-state index contributed by atoms with van der Waals surface area (Å²) in [5.41, 5.74) is 7.25. The number of hydrogen-bond acceptors (Lipinski definition) is 3. The predicted octanol–water partition coefficient (Wildman–Crippen LogP) is 2.45. The Labute approximate surface area is 127 Å². The van der Waals surface area contributed by atoms with Gasteiger partial charge in [-0.3, -0.25) is 9.59 Å². The Hall–Kier alpha value is -2.58. The van der Waals surface area contributed by atoms with E-state index in [2.05, 4.69) is 17.2 Å². The third-order valence-electron chi connectivity index (χ3n) is 2.95. The molecule has 0 spiro atoms. The number of carbonyl (C=O) groups is 2. The van der Waals surface area contributed by atoms with E-state index in [1.54, 1.807) is 6.92 Å². The van der Waals surface area contributed by atoms with Gasteiger partial charge < -0.3 is 11.1 Å². The summed E-state index contributed by atoms with van der Waals surface area (Å²) in [5.74, 6) is 4.24. The van der Waals surface area contributed by atoms with Gasteiger partial charge in [-0.2, -0.15) is 0 Å². The van der Waals surface area contributed by atoms with E-state index in [0.29, 0.717) is 10.6 Å². The van der Waals surface area contributed by atoms with Crippen LogP contribution in [0.15, 0.2) is 30.3 Å². The number of primary amides is 1. The van der Waals surface area contributed by atoms with Gasteiger partial charge in [0.15, 0.2) is 0 Å². The molecular weight excluding hydrogens is 284 g/mol. The fraction of sp³-hybridized carbons (Fsp3) is 0.125. The van der Waals surface area contributed by atoms with Crippen molar-refractivity contribution in [2.45, 2.75) is 13.8 Å². The largest absolute Gasteiger partial charge is 0.365 e. The number of rotatable bonds is 2. The lowest BCUT2D eigenvalue weighted by atomic mass is 10.1. The smallest absolute Gasteiger partial charge is 0.301 e. The molecule has 1 aromatic heterocycles. The van der Waals surface area contributed by atoms with Crippen molar-refractivity contribution in [3.05, 3.63) is 51.9 Å². The lowest BCUT2D eigenvalue weighted by molar-refractivity contribution is -0.111. The van der Waals surface area contributed by atoms with Gasteiger partial charge in [-0.05, 0) is 31.5 Å². The Morgan fingerprint density at radius 1 is 1.19 bits per heavy atom. The summed E-state index contributed by atoms with van der Waals surface area (Å²) in [6, 6.07) is 9.20. The first kappa shape index (κ1) is 14.8. The van der Waals surface area contributed by atoms with Crippen molar-refractivity contribution < 1.29 is 9.59 Å². The van der Waals surface area contributed by atoms with E-state index in [0.717, 1.165) is 16.0 Å². The van der Waals surface area contributed by atoms with E-state index in [1.165, 1.54) is 11.3 Å². The zero-order valence-corrected chi connectivity index (χ0v) is 12.5. The van der Waals surface area contributed by atoms with Crippen LogP contribution in [0, 0.1) is 25.7 Å². The van der Waals surface area contributed by atoms with Gasteiger partial charge >= 0.3 is 5.91 Å². The lowest BCUT2D eigenvalue weighted by Crippen LogP contribution is -2.16. The van der Waals surface area contributed by atoms with Crippen molar-refractivity contribution in [1.29, 1.82) is 0 Å². The van der Waals surface area contributed by atoms with Gasteiger partial charge in [0.05, 0.1) is 5.56 Å². The summed E-state index contributed by atoms with van der Waals surface area (Å²) >= 11 is 1.32. The molecule has 2 rings (SSSR count). The van der Waals surface area contributed by atoms with Crippen LogP contribution < -0.4 is 11.1 Å². The number of carbonyl (C=O) groups excluding carboxylic acids is 2. The molecule has 3 N–H and O–H groups in total. The van der Waals surface area contributed by atoms with Crippen LogP contribution in [0.25, 0.3) is 0 Å². The Morgan fingerprint density at radius 2 is 1.86 bits per heavy atom. The van der Waals surface area contributed by atoms with Crippen molar-refractivity contribution in [2.75, 3.05) is 5.32 Å². The van der Waals surface area contributed by atoms with Crippen LogP contribution in [0.1, 0.15) is 26.4 Å². The second-order valence-corrected chi connectivity index (χ2v) is 5.65. The number of aryl methyl sites for hydroxylation is 1. The number of thiophene rings is 1. The first-order valence-electron chi connectivity index (χ1n) is 6.27. The molecule has 0 aliphatic rings. The zero-order chi connectivity index (χ0) is 15.4. The molecule has 2 amide bonds. The van der Waals surface area contributed by atoms with Crippen LogP contribution in [0.2, 0.25) is 0 Å². The van der Waals surface area contributed by atoms with Gasteiger partial charge in [-0.15, -0.1) is 11.3 Å². The fourth-order valence-corrected chi connectivity index (χ4v) is 2.86. The minimum Gasteiger partial charge on any atom is -0.365 e. The second-order valence-electron chi connectivity index (χ2n) is 4.42. The molecule has 106 valence electrons. The second kappa shape index (κ2) is 6.25. The van der Waals surface area contributed by atoms with E-state index in [9.17, 15) is 9.59 Å². The molecule has 4 nitrogen and oxygen atoms in total. The maximum Gasteiger partial charge on any atom is 0.301 e. The Kier molecular flexibility index (Phi) is 4.41. The summed E-state index contributed by atoms with van der Waals surface area (Å²) in [5, 5.41) is 3.08. The topological polar surface area (TPSA) is 72.2 Å². The zero-order valence-electron chi connectivity index (χ0n) is 11.7. The average molecular weight is 298 g/mol. The molecule has 0 saturated heterocycles. The molecule has 0 aliphatic heterocycles. The first-order valence-corrected chi connectivity index (χ1v) is 7.08. The van der Waals surface area contributed by atoms with Gasteiger partial charge in [-0.1, -0.05) is 24.1 Å². The molecule has 21 heavy (non-hydrogen) atoms. The number of anilines is 1. The minimum atomic E-state index is -0.553. The van der Waals surface area contributed by atoms with Gasteiger partial charge in [-0.25, -0.2) is 0 Å². The summed E-state index contributed by atoms with van der Waals surface area (Å²) in [7, 11) is 0. The highest BCUT2D eigenvalue weighted by molar-refractivity contribution is 7.16. The molecule has 1 heterocycles. The molecule has 5 heteroatoms.